The molecule has 4 rings (SSSR count). The molecule has 0 radical (unpaired) electrons. The van der Waals surface area contributed by atoms with Crippen molar-refractivity contribution in [1.82, 2.24) is 0 Å². The van der Waals surface area contributed by atoms with Crippen LogP contribution in [0.5, 0.6) is 0 Å². The van der Waals surface area contributed by atoms with E-state index in [9.17, 15) is 0 Å². The van der Waals surface area contributed by atoms with E-state index in [1.54, 1.807) is 11.1 Å². The highest BCUT2D eigenvalue weighted by Crippen LogP contribution is 2.38. The zero-order valence-corrected chi connectivity index (χ0v) is 13.4. The Bertz CT molecular complexity index is 931. The third kappa shape index (κ3) is 1.90. The third-order valence-electron chi connectivity index (χ3n) is 4.87. The summed E-state index contributed by atoms with van der Waals surface area (Å²) in [5, 5.41) is 8.52. The molecule has 110 valence electrons. The van der Waals surface area contributed by atoms with Gasteiger partial charge in [-0.2, -0.15) is 0 Å². The molecule has 0 spiro atoms. The molecule has 0 saturated carbocycles. The third-order valence-corrected chi connectivity index (χ3v) is 4.87. The van der Waals surface area contributed by atoms with E-state index in [-0.39, 0.29) is 0 Å². The van der Waals surface area contributed by atoms with E-state index in [2.05, 4.69) is 62.4 Å². The van der Waals surface area contributed by atoms with Gasteiger partial charge in [0, 0.05) is 0 Å². The molecule has 0 heterocycles. The average molecular weight is 286 g/mol. The van der Waals surface area contributed by atoms with E-state index < -0.39 is 0 Å². The highest BCUT2D eigenvalue weighted by atomic mass is 14.2. The van der Waals surface area contributed by atoms with Crippen molar-refractivity contribution in [2.24, 2.45) is 0 Å². The van der Waals surface area contributed by atoms with Crippen molar-refractivity contribution < 1.29 is 0 Å². The summed E-state index contributed by atoms with van der Waals surface area (Å²) in [6.07, 6.45) is 4.79. The first-order valence-electron chi connectivity index (χ1n) is 8.51. The van der Waals surface area contributed by atoms with E-state index in [1.165, 1.54) is 58.0 Å². The van der Waals surface area contributed by atoms with Gasteiger partial charge in [-0.1, -0.05) is 75.2 Å². The molecule has 0 nitrogen and oxygen atoms in total. The largest absolute Gasteiger partial charge is 0.0651 e. The predicted octanol–water partition coefficient (Wildman–Crippen LogP) is 6.49. The van der Waals surface area contributed by atoms with Crippen LogP contribution >= 0.6 is 0 Å². The highest BCUT2D eigenvalue weighted by Gasteiger charge is 2.13. The Morgan fingerprint density at radius 1 is 0.682 bits per heavy atom. The summed E-state index contributed by atoms with van der Waals surface area (Å²) in [6.45, 7) is 4.56. The first kappa shape index (κ1) is 13.6. The standard InChI is InChI=1S/C22H22/c1-3-6-17-14-18-11-10-15-8-5-9-16-12-13-20(19(17)7-4-2)22(18)21(15)16/h5,8-14H,3-4,6-7H2,1-2H3. The molecular formula is C22H22. The maximum Gasteiger partial charge on any atom is -0.00238 e. The SMILES string of the molecule is CCCc1cc2ccc3cccc4ccc(c1CCC)c2c34. The predicted molar refractivity (Wildman–Crippen MR) is 98.1 cm³/mol. The summed E-state index contributed by atoms with van der Waals surface area (Å²) in [5.74, 6) is 0. The van der Waals surface area contributed by atoms with Crippen molar-refractivity contribution in [3.05, 3.63) is 59.7 Å². The number of benzene rings is 4. The molecule has 0 aromatic heterocycles. The minimum absolute atomic E-state index is 1.18. The summed E-state index contributed by atoms with van der Waals surface area (Å²) in [4.78, 5) is 0. The van der Waals surface area contributed by atoms with Crippen LogP contribution in [0.4, 0.5) is 0 Å². The van der Waals surface area contributed by atoms with Crippen LogP contribution in [0.1, 0.15) is 37.8 Å². The number of rotatable bonds is 4. The molecule has 4 aromatic rings. The second kappa shape index (κ2) is 5.28. The average Bonchev–Trinajstić information content (AvgIpc) is 2.55. The number of hydrogen-bond acceptors (Lipinski definition) is 0. The summed E-state index contributed by atoms with van der Waals surface area (Å²) >= 11 is 0. The van der Waals surface area contributed by atoms with Crippen LogP contribution in [0.25, 0.3) is 32.3 Å². The Hall–Kier alpha value is -2.08. The fourth-order valence-corrected chi connectivity index (χ4v) is 3.97. The summed E-state index contributed by atoms with van der Waals surface area (Å²) in [7, 11) is 0. The van der Waals surface area contributed by atoms with Gasteiger partial charge in [0.1, 0.15) is 0 Å². The minimum Gasteiger partial charge on any atom is -0.0651 e. The van der Waals surface area contributed by atoms with E-state index in [0.29, 0.717) is 0 Å². The molecule has 0 amide bonds. The van der Waals surface area contributed by atoms with Crippen molar-refractivity contribution in [3.63, 3.8) is 0 Å². The molecule has 0 bridgehead atoms. The maximum atomic E-state index is 2.45. The van der Waals surface area contributed by atoms with Crippen LogP contribution in [0.3, 0.4) is 0 Å². The molecule has 22 heavy (non-hydrogen) atoms. The normalized spacial score (nSPS) is 11.9. The first-order valence-corrected chi connectivity index (χ1v) is 8.51. The van der Waals surface area contributed by atoms with Gasteiger partial charge in [0.25, 0.3) is 0 Å². The van der Waals surface area contributed by atoms with Crippen LogP contribution in [-0.2, 0) is 12.8 Å². The topological polar surface area (TPSA) is 0 Å². The van der Waals surface area contributed by atoms with Gasteiger partial charge in [0.2, 0.25) is 0 Å². The summed E-state index contributed by atoms with van der Waals surface area (Å²) < 4.78 is 0. The molecule has 0 aliphatic heterocycles. The van der Waals surface area contributed by atoms with Crippen molar-refractivity contribution in [2.75, 3.05) is 0 Å². The lowest BCUT2D eigenvalue weighted by atomic mass is 9.87. The summed E-state index contributed by atoms with van der Waals surface area (Å²) in [5.41, 5.74) is 3.13. The maximum absolute atomic E-state index is 2.45. The lowest BCUT2D eigenvalue weighted by Gasteiger charge is -2.17. The zero-order valence-electron chi connectivity index (χ0n) is 13.4. The van der Waals surface area contributed by atoms with Crippen LogP contribution < -0.4 is 0 Å². The fraction of sp³-hybridized carbons (Fsp3) is 0.273. The first-order chi connectivity index (χ1) is 10.8. The monoisotopic (exact) mass is 286 g/mol. The summed E-state index contributed by atoms with van der Waals surface area (Å²) in [6, 6.07) is 18.3. The van der Waals surface area contributed by atoms with Gasteiger partial charge < -0.3 is 0 Å². The van der Waals surface area contributed by atoms with Crippen LogP contribution in [-0.4, -0.2) is 0 Å². The highest BCUT2D eigenvalue weighted by molar-refractivity contribution is 6.23. The van der Waals surface area contributed by atoms with E-state index >= 15 is 0 Å². The van der Waals surface area contributed by atoms with Gasteiger partial charge in [-0.15, -0.1) is 0 Å². The van der Waals surface area contributed by atoms with Crippen molar-refractivity contribution in [3.8, 4) is 0 Å². The zero-order chi connectivity index (χ0) is 15.1. The van der Waals surface area contributed by atoms with Crippen LogP contribution in [0, 0.1) is 0 Å². The second-order valence-corrected chi connectivity index (χ2v) is 6.37. The molecule has 0 aliphatic rings. The van der Waals surface area contributed by atoms with E-state index in [4.69, 9.17) is 0 Å². The van der Waals surface area contributed by atoms with Crippen molar-refractivity contribution in [2.45, 2.75) is 39.5 Å². The Kier molecular flexibility index (Phi) is 3.26. The Labute approximate surface area is 132 Å². The van der Waals surface area contributed by atoms with E-state index in [1.807, 2.05) is 0 Å². The Morgan fingerprint density at radius 3 is 2.09 bits per heavy atom. The molecule has 0 heteroatoms. The molecule has 0 aliphatic carbocycles. The van der Waals surface area contributed by atoms with Gasteiger partial charge >= 0.3 is 0 Å². The lowest BCUT2D eigenvalue weighted by Crippen LogP contribution is -1.97. The quantitative estimate of drug-likeness (QED) is 0.376. The fourth-order valence-electron chi connectivity index (χ4n) is 3.97. The van der Waals surface area contributed by atoms with Gasteiger partial charge in [0.15, 0.2) is 0 Å². The molecule has 0 saturated heterocycles. The molecular weight excluding hydrogens is 264 g/mol. The second-order valence-electron chi connectivity index (χ2n) is 6.37. The van der Waals surface area contributed by atoms with Gasteiger partial charge in [-0.25, -0.2) is 0 Å². The molecule has 4 aromatic carbocycles. The minimum atomic E-state index is 1.18. The Morgan fingerprint density at radius 2 is 1.36 bits per heavy atom. The Balaban J connectivity index is 2.20. The van der Waals surface area contributed by atoms with Crippen molar-refractivity contribution >= 4 is 32.3 Å². The molecule has 0 N–H and O–H groups in total. The van der Waals surface area contributed by atoms with Crippen molar-refractivity contribution in [1.29, 1.82) is 0 Å². The van der Waals surface area contributed by atoms with Gasteiger partial charge in [-0.3, -0.25) is 0 Å². The van der Waals surface area contributed by atoms with Gasteiger partial charge in [0.05, 0.1) is 0 Å². The van der Waals surface area contributed by atoms with Crippen LogP contribution in [0.2, 0.25) is 0 Å². The number of hydrogen-bond donors (Lipinski definition) is 0. The molecule has 0 unspecified atom stereocenters. The molecule has 0 fully saturated rings. The number of aryl methyl sites for hydroxylation is 2. The van der Waals surface area contributed by atoms with E-state index in [0.717, 1.165) is 0 Å². The molecule has 0 atom stereocenters. The lowest BCUT2D eigenvalue weighted by molar-refractivity contribution is 0.869. The smallest absolute Gasteiger partial charge is 0.00238 e. The van der Waals surface area contributed by atoms with Gasteiger partial charge in [-0.05, 0) is 56.3 Å². The van der Waals surface area contributed by atoms with Crippen LogP contribution in [0.15, 0.2) is 48.5 Å².